The van der Waals surface area contributed by atoms with Crippen molar-refractivity contribution in [3.8, 4) is 11.5 Å². The average Bonchev–Trinajstić information content (AvgIpc) is 2.60. The summed E-state index contributed by atoms with van der Waals surface area (Å²) < 4.78 is 18.6. The van der Waals surface area contributed by atoms with Gasteiger partial charge < -0.3 is 9.52 Å². The maximum absolute atomic E-state index is 13.4. The van der Waals surface area contributed by atoms with Crippen molar-refractivity contribution in [2.24, 2.45) is 0 Å². The summed E-state index contributed by atoms with van der Waals surface area (Å²) >= 11 is 0. The number of oxazole rings is 1. The molecule has 0 fully saturated rings. The molecule has 0 saturated carbocycles. The van der Waals surface area contributed by atoms with Crippen molar-refractivity contribution in [3.05, 3.63) is 41.5 Å². The number of hydrogen-bond donors (Lipinski definition) is 1. The minimum atomic E-state index is -0.386. The van der Waals surface area contributed by atoms with Gasteiger partial charge in [0.15, 0.2) is 5.76 Å². The van der Waals surface area contributed by atoms with E-state index in [0.717, 1.165) is 0 Å². The summed E-state index contributed by atoms with van der Waals surface area (Å²) in [5, 5.41) is 8.92. The van der Waals surface area contributed by atoms with Gasteiger partial charge in [-0.15, -0.1) is 0 Å². The molecule has 0 aliphatic rings. The number of nitrogens with zero attached hydrogens (tertiary/aromatic N) is 1. The van der Waals surface area contributed by atoms with E-state index in [1.165, 1.54) is 6.07 Å². The molecule has 2 aromatic rings. The molecule has 1 aromatic carbocycles. The number of aromatic nitrogens is 1. The third-order valence-corrected chi connectivity index (χ3v) is 2.14. The molecule has 0 spiro atoms. The molecular formula is C11H10FNO2. The Morgan fingerprint density at radius 2 is 2.13 bits per heavy atom. The summed E-state index contributed by atoms with van der Waals surface area (Å²) in [4.78, 5) is 4.05. The molecule has 0 amide bonds. The summed E-state index contributed by atoms with van der Waals surface area (Å²) in [5.41, 5.74) is 0.885. The Morgan fingerprint density at radius 1 is 1.40 bits per heavy atom. The lowest BCUT2D eigenvalue weighted by atomic mass is 10.2. The number of aryl methyl sites for hydroxylation is 1. The number of rotatable bonds is 2. The van der Waals surface area contributed by atoms with E-state index in [1.54, 1.807) is 25.1 Å². The first-order valence-electron chi connectivity index (χ1n) is 4.54. The number of aliphatic hydroxyl groups excluding tert-OH is 1. The van der Waals surface area contributed by atoms with Gasteiger partial charge in [0.25, 0.3) is 0 Å². The van der Waals surface area contributed by atoms with Gasteiger partial charge in [-0.25, -0.2) is 9.37 Å². The fourth-order valence-electron chi connectivity index (χ4n) is 1.32. The smallest absolute Gasteiger partial charge is 0.229 e. The minimum absolute atomic E-state index is 0.203. The van der Waals surface area contributed by atoms with Crippen molar-refractivity contribution < 1.29 is 13.9 Å². The zero-order valence-corrected chi connectivity index (χ0v) is 8.20. The largest absolute Gasteiger partial charge is 0.438 e. The molecule has 1 N–H and O–H groups in total. The molecule has 0 radical (unpaired) electrons. The second-order valence-corrected chi connectivity index (χ2v) is 3.17. The maximum atomic E-state index is 13.4. The molecule has 0 aliphatic heterocycles. The van der Waals surface area contributed by atoms with Crippen LogP contribution in [-0.4, -0.2) is 10.1 Å². The SMILES string of the molecule is Cc1nc(-c2ccccc2F)oc1CO. The van der Waals surface area contributed by atoms with Crippen LogP contribution in [0.25, 0.3) is 11.5 Å². The Labute approximate surface area is 86.2 Å². The number of hydrogen-bond acceptors (Lipinski definition) is 3. The molecule has 0 bridgehead atoms. The van der Waals surface area contributed by atoms with Crippen molar-refractivity contribution >= 4 is 0 Å². The summed E-state index contributed by atoms with van der Waals surface area (Å²) in [7, 11) is 0. The second-order valence-electron chi connectivity index (χ2n) is 3.17. The Hall–Kier alpha value is -1.68. The monoisotopic (exact) mass is 207 g/mol. The van der Waals surface area contributed by atoms with Crippen LogP contribution >= 0.6 is 0 Å². The minimum Gasteiger partial charge on any atom is -0.438 e. The van der Waals surface area contributed by atoms with Crippen LogP contribution in [0.1, 0.15) is 11.5 Å². The Morgan fingerprint density at radius 3 is 2.73 bits per heavy atom. The van der Waals surface area contributed by atoms with Crippen LogP contribution in [0.4, 0.5) is 4.39 Å². The molecule has 0 unspecified atom stereocenters. The van der Waals surface area contributed by atoms with Crippen LogP contribution in [-0.2, 0) is 6.61 Å². The molecule has 4 heteroatoms. The highest BCUT2D eigenvalue weighted by Gasteiger charge is 2.13. The van der Waals surface area contributed by atoms with E-state index in [0.29, 0.717) is 17.0 Å². The number of halogens is 1. The molecule has 15 heavy (non-hydrogen) atoms. The first-order valence-corrected chi connectivity index (χ1v) is 4.54. The first kappa shape index (κ1) is 9.86. The molecule has 1 aromatic heterocycles. The molecule has 0 saturated heterocycles. The Bertz CT molecular complexity index is 479. The van der Waals surface area contributed by atoms with E-state index in [9.17, 15) is 4.39 Å². The third-order valence-electron chi connectivity index (χ3n) is 2.14. The van der Waals surface area contributed by atoms with E-state index in [4.69, 9.17) is 9.52 Å². The highest BCUT2D eigenvalue weighted by Crippen LogP contribution is 2.23. The normalized spacial score (nSPS) is 10.6. The van der Waals surface area contributed by atoms with E-state index in [2.05, 4.69) is 4.98 Å². The summed E-state index contributed by atoms with van der Waals surface area (Å²) in [6.45, 7) is 1.48. The quantitative estimate of drug-likeness (QED) is 0.821. The molecule has 1 heterocycles. The van der Waals surface area contributed by atoms with Crippen molar-refractivity contribution in [3.63, 3.8) is 0 Å². The van der Waals surface area contributed by atoms with E-state index in [1.807, 2.05) is 0 Å². The van der Waals surface area contributed by atoms with Crippen LogP contribution in [0.5, 0.6) is 0 Å². The van der Waals surface area contributed by atoms with Gasteiger partial charge in [-0.3, -0.25) is 0 Å². The van der Waals surface area contributed by atoms with Gasteiger partial charge in [-0.05, 0) is 19.1 Å². The molecule has 0 aliphatic carbocycles. The molecule has 2 rings (SSSR count). The Kier molecular flexibility index (Phi) is 2.51. The topological polar surface area (TPSA) is 46.3 Å². The number of benzene rings is 1. The lowest BCUT2D eigenvalue weighted by Crippen LogP contribution is -1.83. The van der Waals surface area contributed by atoms with Crippen LogP contribution in [0.3, 0.4) is 0 Å². The molecular weight excluding hydrogens is 197 g/mol. The van der Waals surface area contributed by atoms with Gasteiger partial charge in [0, 0.05) is 0 Å². The zero-order valence-electron chi connectivity index (χ0n) is 8.20. The van der Waals surface area contributed by atoms with Crippen molar-refractivity contribution in [2.75, 3.05) is 0 Å². The maximum Gasteiger partial charge on any atom is 0.229 e. The van der Waals surface area contributed by atoms with Gasteiger partial charge in [0.05, 0.1) is 11.3 Å². The van der Waals surface area contributed by atoms with E-state index < -0.39 is 0 Å². The van der Waals surface area contributed by atoms with Crippen molar-refractivity contribution in [1.82, 2.24) is 4.98 Å². The Balaban J connectivity index is 2.50. The van der Waals surface area contributed by atoms with Gasteiger partial charge >= 0.3 is 0 Å². The van der Waals surface area contributed by atoms with Crippen LogP contribution < -0.4 is 0 Å². The predicted molar refractivity (Wildman–Crippen MR) is 52.6 cm³/mol. The van der Waals surface area contributed by atoms with Gasteiger partial charge in [0.1, 0.15) is 12.4 Å². The zero-order chi connectivity index (χ0) is 10.8. The molecule has 78 valence electrons. The summed E-state index contributed by atoms with van der Waals surface area (Å²) in [6.07, 6.45) is 0. The molecule has 3 nitrogen and oxygen atoms in total. The first-order chi connectivity index (χ1) is 7.22. The lowest BCUT2D eigenvalue weighted by Gasteiger charge is -1.96. The van der Waals surface area contributed by atoms with E-state index >= 15 is 0 Å². The van der Waals surface area contributed by atoms with Crippen LogP contribution in [0.15, 0.2) is 28.7 Å². The standard InChI is InChI=1S/C11H10FNO2/c1-7-10(6-14)15-11(13-7)8-4-2-3-5-9(8)12/h2-5,14H,6H2,1H3. The highest BCUT2D eigenvalue weighted by molar-refractivity contribution is 5.54. The van der Waals surface area contributed by atoms with Gasteiger partial charge in [-0.2, -0.15) is 0 Å². The summed E-state index contributed by atoms with van der Waals surface area (Å²) in [6, 6.07) is 6.23. The van der Waals surface area contributed by atoms with Crippen molar-refractivity contribution in [2.45, 2.75) is 13.5 Å². The fraction of sp³-hybridized carbons (Fsp3) is 0.182. The van der Waals surface area contributed by atoms with E-state index in [-0.39, 0.29) is 18.3 Å². The third kappa shape index (κ3) is 1.76. The van der Waals surface area contributed by atoms with Crippen LogP contribution in [0, 0.1) is 12.7 Å². The second kappa shape index (κ2) is 3.82. The van der Waals surface area contributed by atoms with Crippen LogP contribution in [0.2, 0.25) is 0 Å². The lowest BCUT2D eigenvalue weighted by molar-refractivity contribution is 0.247. The van der Waals surface area contributed by atoms with Crippen molar-refractivity contribution in [1.29, 1.82) is 0 Å². The van der Waals surface area contributed by atoms with Gasteiger partial charge in [0.2, 0.25) is 5.89 Å². The fourth-order valence-corrected chi connectivity index (χ4v) is 1.32. The average molecular weight is 207 g/mol. The summed E-state index contributed by atoms with van der Waals surface area (Å²) in [5.74, 6) is 0.186. The number of aliphatic hydroxyl groups is 1. The highest BCUT2D eigenvalue weighted by atomic mass is 19.1. The predicted octanol–water partition coefficient (Wildman–Crippen LogP) is 2.28. The molecule has 0 atom stereocenters. The van der Waals surface area contributed by atoms with Gasteiger partial charge in [-0.1, -0.05) is 12.1 Å².